The van der Waals surface area contributed by atoms with Crippen molar-refractivity contribution < 1.29 is 9.21 Å². The number of hydrogen-bond acceptors (Lipinski definition) is 4. The van der Waals surface area contributed by atoms with Crippen LogP contribution in [0.15, 0.2) is 59.2 Å². The summed E-state index contributed by atoms with van der Waals surface area (Å²) in [6.07, 6.45) is 1.62. The van der Waals surface area contributed by atoms with Crippen LogP contribution in [-0.2, 0) is 6.54 Å². The Morgan fingerprint density at radius 2 is 1.93 bits per heavy atom. The molecule has 4 aromatic rings. The van der Waals surface area contributed by atoms with E-state index in [0.717, 1.165) is 21.5 Å². The molecule has 0 radical (unpaired) electrons. The minimum absolute atomic E-state index is 0.0801. The molecule has 0 aliphatic carbocycles. The standard InChI is InChI=1S/C22H20N2O2S/c1-14-6-4-7-17(11-14)21(25)24(13-18-8-5-9-26-18)22-23-19-12-15(2)10-16(3)20(19)27-22/h4-12H,13H2,1-3H3. The number of aryl methyl sites for hydroxylation is 3. The van der Waals surface area contributed by atoms with Crippen LogP contribution < -0.4 is 4.90 Å². The van der Waals surface area contributed by atoms with Gasteiger partial charge >= 0.3 is 0 Å². The van der Waals surface area contributed by atoms with Gasteiger partial charge in [0.25, 0.3) is 5.91 Å². The first-order valence-corrected chi connectivity index (χ1v) is 9.61. The number of rotatable bonds is 4. The van der Waals surface area contributed by atoms with Crippen LogP contribution in [0, 0.1) is 20.8 Å². The molecule has 0 saturated carbocycles. The van der Waals surface area contributed by atoms with Crippen LogP contribution >= 0.6 is 11.3 Å². The summed E-state index contributed by atoms with van der Waals surface area (Å²) in [5.41, 5.74) is 4.96. The summed E-state index contributed by atoms with van der Waals surface area (Å²) < 4.78 is 6.60. The third-order valence-electron chi connectivity index (χ3n) is 4.44. The van der Waals surface area contributed by atoms with Gasteiger partial charge in [0.2, 0.25) is 0 Å². The van der Waals surface area contributed by atoms with E-state index in [1.54, 1.807) is 22.5 Å². The van der Waals surface area contributed by atoms with Crippen LogP contribution in [0.1, 0.15) is 32.8 Å². The number of carbonyl (C=O) groups excluding carboxylic acids is 1. The number of amides is 1. The lowest BCUT2D eigenvalue weighted by molar-refractivity contribution is 0.0983. The molecular weight excluding hydrogens is 356 g/mol. The molecule has 0 unspecified atom stereocenters. The highest BCUT2D eigenvalue weighted by Crippen LogP contribution is 2.33. The highest BCUT2D eigenvalue weighted by Gasteiger charge is 2.23. The first kappa shape index (κ1) is 17.5. The van der Waals surface area contributed by atoms with Crippen LogP contribution in [0.5, 0.6) is 0 Å². The molecule has 136 valence electrons. The zero-order valence-electron chi connectivity index (χ0n) is 15.5. The number of fused-ring (bicyclic) bond motifs is 1. The second-order valence-electron chi connectivity index (χ2n) is 6.77. The molecule has 0 fully saturated rings. The molecule has 0 N–H and O–H groups in total. The van der Waals surface area contributed by atoms with Gasteiger partial charge in [-0.2, -0.15) is 0 Å². The monoisotopic (exact) mass is 376 g/mol. The van der Waals surface area contributed by atoms with Gasteiger partial charge in [0.1, 0.15) is 5.76 Å². The summed E-state index contributed by atoms with van der Waals surface area (Å²) >= 11 is 1.54. The number of thiazole rings is 1. The van der Waals surface area contributed by atoms with Crippen molar-refractivity contribution in [3.63, 3.8) is 0 Å². The second-order valence-corrected chi connectivity index (χ2v) is 7.74. The molecule has 0 atom stereocenters. The molecule has 2 aromatic carbocycles. The summed E-state index contributed by atoms with van der Waals surface area (Å²) in [6.45, 7) is 6.47. The van der Waals surface area contributed by atoms with E-state index in [-0.39, 0.29) is 5.91 Å². The van der Waals surface area contributed by atoms with Crippen molar-refractivity contribution in [1.82, 2.24) is 4.98 Å². The Hall–Kier alpha value is -2.92. The van der Waals surface area contributed by atoms with Crippen LogP contribution in [0.25, 0.3) is 10.2 Å². The van der Waals surface area contributed by atoms with E-state index < -0.39 is 0 Å². The number of hydrogen-bond donors (Lipinski definition) is 0. The van der Waals surface area contributed by atoms with Gasteiger partial charge in [-0.3, -0.25) is 9.69 Å². The Morgan fingerprint density at radius 1 is 1.07 bits per heavy atom. The van der Waals surface area contributed by atoms with E-state index in [4.69, 9.17) is 9.40 Å². The van der Waals surface area contributed by atoms with Crippen molar-refractivity contribution in [3.05, 3.63) is 82.8 Å². The van der Waals surface area contributed by atoms with Gasteiger partial charge in [-0.05, 0) is 62.2 Å². The van der Waals surface area contributed by atoms with Crippen LogP contribution in [0.4, 0.5) is 5.13 Å². The zero-order valence-corrected chi connectivity index (χ0v) is 16.3. The highest BCUT2D eigenvalue weighted by molar-refractivity contribution is 7.22. The lowest BCUT2D eigenvalue weighted by atomic mass is 10.1. The maximum atomic E-state index is 13.3. The van der Waals surface area contributed by atoms with Gasteiger partial charge < -0.3 is 4.42 Å². The summed E-state index contributed by atoms with van der Waals surface area (Å²) in [6, 6.07) is 15.5. The number of anilines is 1. The Balaban J connectivity index is 1.80. The van der Waals surface area contributed by atoms with Gasteiger partial charge in [-0.15, -0.1) is 0 Å². The Morgan fingerprint density at radius 3 is 2.67 bits per heavy atom. The third-order valence-corrected chi connectivity index (χ3v) is 5.67. The van der Waals surface area contributed by atoms with Crippen LogP contribution in [0.3, 0.4) is 0 Å². The van der Waals surface area contributed by atoms with Crippen molar-refractivity contribution in [2.24, 2.45) is 0 Å². The van der Waals surface area contributed by atoms with Gasteiger partial charge in [-0.1, -0.05) is 35.1 Å². The molecule has 5 heteroatoms. The van der Waals surface area contributed by atoms with Crippen molar-refractivity contribution in [2.75, 3.05) is 4.90 Å². The molecule has 0 bridgehead atoms. The minimum Gasteiger partial charge on any atom is -0.467 e. The molecule has 0 aliphatic rings. The predicted molar refractivity (Wildman–Crippen MR) is 109 cm³/mol. The van der Waals surface area contributed by atoms with Gasteiger partial charge in [0.05, 0.1) is 23.0 Å². The van der Waals surface area contributed by atoms with Gasteiger partial charge in [0.15, 0.2) is 5.13 Å². The summed E-state index contributed by atoms with van der Waals surface area (Å²) in [5.74, 6) is 0.645. The number of carbonyl (C=O) groups is 1. The molecule has 1 amide bonds. The largest absolute Gasteiger partial charge is 0.467 e. The van der Waals surface area contributed by atoms with E-state index in [9.17, 15) is 4.79 Å². The van der Waals surface area contributed by atoms with Crippen molar-refractivity contribution >= 4 is 32.6 Å². The fourth-order valence-corrected chi connectivity index (χ4v) is 4.21. The normalized spacial score (nSPS) is 11.1. The first-order chi connectivity index (χ1) is 13.0. The van der Waals surface area contributed by atoms with Gasteiger partial charge in [-0.25, -0.2) is 4.98 Å². The highest BCUT2D eigenvalue weighted by atomic mass is 32.1. The maximum absolute atomic E-state index is 13.3. The van der Waals surface area contributed by atoms with E-state index in [0.29, 0.717) is 17.2 Å². The van der Waals surface area contributed by atoms with Crippen molar-refractivity contribution in [1.29, 1.82) is 0 Å². The molecule has 2 aromatic heterocycles. The van der Waals surface area contributed by atoms with E-state index in [2.05, 4.69) is 26.0 Å². The molecule has 0 spiro atoms. The summed E-state index contributed by atoms with van der Waals surface area (Å²) in [7, 11) is 0. The van der Waals surface area contributed by atoms with Crippen molar-refractivity contribution in [2.45, 2.75) is 27.3 Å². The number of nitrogens with zero attached hydrogens (tertiary/aromatic N) is 2. The number of furan rings is 1. The Labute approximate surface area is 162 Å². The topological polar surface area (TPSA) is 46.3 Å². The average Bonchev–Trinajstić information content (AvgIpc) is 3.28. The molecule has 27 heavy (non-hydrogen) atoms. The lowest BCUT2D eigenvalue weighted by Gasteiger charge is -2.19. The Bertz CT molecular complexity index is 1110. The second kappa shape index (κ2) is 7.00. The van der Waals surface area contributed by atoms with Gasteiger partial charge in [0, 0.05) is 5.56 Å². The number of benzene rings is 2. The van der Waals surface area contributed by atoms with Crippen molar-refractivity contribution in [3.8, 4) is 0 Å². The van der Waals surface area contributed by atoms with Crippen LogP contribution in [0.2, 0.25) is 0 Å². The Kier molecular flexibility index (Phi) is 4.54. The smallest absolute Gasteiger partial charge is 0.260 e. The fraction of sp³-hybridized carbons (Fsp3) is 0.182. The summed E-state index contributed by atoms with van der Waals surface area (Å²) in [4.78, 5) is 19.8. The maximum Gasteiger partial charge on any atom is 0.260 e. The lowest BCUT2D eigenvalue weighted by Crippen LogP contribution is -2.30. The van der Waals surface area contributed by atoms with Crippen LogP contribution in [-0.4, -0.2) is 10.9 Å². The fourth-order valence-electron chi connectivity index (χ4n) is 3.20. The quantitative estimate of drug-likeness (QED) is 0.461. The number of aromatic nitrogens is 1. The molecule has 0 saturated heterocycles. The first-order valence-electron chi connectivity index (χ1n) is 8.80. The van der Waals surface area contributed by atoms with E-state index in [1.807, 2.05) is 43.3 Å². The van der Waals surface area contributed by atoms with E-state index in [1.165, 1.54) is 11.1 Å². The summed E-state index contributed by atoms with van der Waals surface area (Å²) in [5, 5.41) is 0.682. The molecular formula is C22H20N2O2S. The zero-order chi connectivity index (χ0) is 19.0. The minimum atomic E-state index is -0.0801. The third kappa shape index (κ3) is 3.51. The average molecular weight is 376 g/mol. The predicted octanol–water partition coefficient (Wildman–Crippen LogP) is 5.66. The molecule has 4 rings (SSSR count). The van der Waals surface area contributed by atoms with E-state index >= 15 is 0 Å². The molecule has 0 aliphatic heterocycles. The molecule has 4 nitrogen and oxygen atoms in total. The SMILES string of the molecule is Cc1cccc(C(=O)N(Cc2ccco2)c2nc3cc(C)cc(C)c3s2)c1. The molecule has 2 heterocycles.